The maximum atomic E-state index is 12.2. The van der Waals surface area contributed by atoms with Gasteiger partial charge in [0.15, 0.2) is 0 Å². The molecule has 0 fully saturated rings. The molecule has 162 valence electrons. The predicted molar refractivity (Wildman–Crippen MR) is 107 cm³/mol. The highest BCUT2D eigenvalue weighted by Gasteiger charge is 2.34. The zero-order chi connectivity index (χ0) is 20.7. The minimum atomic E-state index is -0.269. The fourth-order valence-electron chi connectivity index (χ4n) is 2.63. The molecule has 0 N–H and O–H groups in total. The van der Waals surface area contributed by atoms with Gasteiger partial charge in [-0.3, -0.25) is 14.5 Å². The third kappa shape index (κ3) is 8.38. The number of carbonyl (C=O) groups is 2. The molecule has 8 nitrogen and oxygen atoms in total. The zero-order valence-corrected chi connectivity index (χ0v) is 17.2. The molecule has 2 rings (SSSR count). The summed E-state index contributed by atoms with van der Waals surface area (Å²) in [5.74, 6) is -0.0514. The van der Waals surface area contributed by atoms with E-state index >= 15 is 0 Å². The van der Waals surface area contributed by atoms with Crippen LogP contribution in [0.15, 0.2) is 24.3 Å². The number of amides is 2. The Morgan fingerprint density at radius 2 is 1.00 bits per heavy atom. The molecule has 0 aromatic heterocycles. The Balaban J connectivity index is 1.37. The van der Waals surface area contributed by atoms with Gasteiger partial charge in [0.05, 0.1) is 83.7 Å². The smallest absolute Gasteiger partial charge is 0.261 e. The number of hydrogen-bond donors (Lipinski definition) is 0. The van der Waals surface area contributed by atoms with E-state index in [0.717, 1.165) is 0 Å². The fraction of sp³-hybridized carbons (Fsp3) is 0.600. The quantitative estimate of drug-likeness (QED) is 0.211. The van der Waals surface area contributed by atoms with Gasteiger partial charge in [-0.2, -0.15) is 0 Å². The highest BCUT2D eigenvalue weighted by Crippen LogP contribution is 2.21. The van der Waals surface area contributed by atoms with Gasteiger partial charge >= 0.3 is 0 Å². The SMILES string of the molecule is O=C1c2ccccc2C(=O)N1CCOCCOCCOCCOCCOCCCl. The molecule has 1 aliphatic rings. The van der Waals surface area contributed by atoms with Crippen LogP contribution in [0.25, 0.3) is 0 Å². The first-order valence-electron chi connectivity index (χ1n) is 9.65. The van der Waals surface area contributed by atoms with Crippen LogP contribution in [0.4, 0.5) is 0 Å². The van der Waals surface area contributed by atoms with Gasteiger partial charge in [0.1, 0.15) is 0 Å². The third-order valence-electron chi connectivity index (χ3n) is 4.05. The number of alkyl halides is 1. The van der Waals surface area contributed by atoms with E-state index in [1.807, 2.05) is 0 Å². The molecular formula is C20H28ClNO7. The molecule has 2 amide bonds. The summed E-state index contributed by atoms with van der Waals surface area (Å²) in [6.45, 7) is 4.82. The van der Waals surface area contributed by atoms with E-state index < -0.39 is 0 Å². The average molecular weight is 430 g/mol. The van der Waals surface area contributed by atoms with Crippen molar-refractivity contribution in [1.29, 1.82) is 0 Å². The summed E-state index contributed by atoms with van der Waals surface area (Å²) >= 11 is 5.48. The van der Waals surface area contributed by atoms with Gasteiger partial charge in [-0.1, -0.05) is 12.1 Å². The average Bonchev–Trinajstić information content (AvgIpc) is 2.98. The lowest BCUT2D eigenvalue weighted by Crippen LogP contribution is -2.33. The van der Waals surface area contributed by atoms with E-state index in [0.29, 0.717) is 76.5 Å². The van der Waals surface area contributed by atoms with Gasteiger partial charge in [0.2, 0.25) is 0 Å². The molecule has 0 spiro atoms. The molecule has 0 saturated carbocycles. The number of benzene rings is 1. The second-order valence-corrected chi connectivity index (χ2v) is 6.44. The number of ether oxygens (including phenoxy) is 5. The molecule has 1 aromatic rings. The Hall–Kier alpha value is -1.55. The number of carbonyl (C=O) groups excluding carboxylic acids is 2. The van der Waals surface area contributed by atoms with Crippen molar-refractivity contribution in [2.75, 3.05) is 78.5 Å². The predicted octanol–water partition coefficient (Wildman–Crippen LogP) is 1.60. The van der Waals surface area contributed by atoms with Crippen LogP contribution in [0.5, 0.6) is 0 Å². The molecule has 9 heteroatoms. The topological polar surface area (TPSA) is 83.5 Å². The van der Waals surface area contributed by atoms with Crippen molar-refractivity contribution in [1.82, 2.24) is 4.90 Å². The number of nitrogens with zero attached hydrogens (tertiary/aromatic N) is 1. The maximum Gasteiger partial charge on any atom is 0.261 e. The van der Waals surface area contributed by atoms with Crippen molar-refractivity contribution < 1.29 is 33.3 Å². The van der Waals surface area contributed by atoms with E-state index in [1.54, 1.807) is 24.3 Å². The summed E-state index contributed by atoms with van der Waals surface area (Å²) in [4.78, 5) is 25.6. The lowest BCUT2D eigenvalue weighted by Gasteiger charge is -2.13. The summed E-state index contributed by atoms with van der Waals surface area (Å²) in [7, 11) is 0. The standard InChI is InChI=1S/C20H28ClNO7/c21-5-7-25-9-11-27-13-15-29-16-14-28-12-10-26-8-6-22-19(23)17-3-1-2-4-18(17)20(22)24/h1-4H,5-16H2. The second-order valence-electron chi connectivity index (χ2n) is 6.06. The van der Waals surface area contributed by atoms with Gasteiger partial charge in [0.25, 0.3) is 11.8 Å². The Morgan fingerprint density at radius 3 is 1.41 bits per heavy atom. The minimum Gasteiger partial charge on any atom is -0.378 e. The first-order valence-corrected chi connectivity index (χ1v) is 10.2. The molecule has 1 heterocycles. The highest BCUT2D eigenvalue weighted by atomic mass is 35.5. The van der Waals surface area contributed by atoms with E-state index in [9.17, 15) is 9.59 Å². The van der Waals surface area contributed by atoms with Gasteiger partial charge in [-0.25, -0.2) is 0 Å². The Labute approximate surface area is 175 Å². The number of rotatable bonds is 17. The van der Waals surface area contributed by atoms with Crippen LogP contribution >= 0.6 is 11.6 Å². The normalized spacial score (nSPS) is 13.3. The van der Waals surface area contributed by atoms with Crippen LogP contribution in [0.3, 0.4) is 0 Å². The molecule has 0 radical (unpaired) electrons. The van der Waals surface area contributed by atoms with Crippen molar-refractivity contribution in [2.24, 2.45) is 0 Å². The lowest BCUT2D eigenvalue weighted by atomic mass is 10.1. The van der Waals surface area contributed by atoms with Crippen molar-refractivity contribution in [3.8, 4) is 0 Å². The largest absolute Gasteiger partial charge is 0.378 e. The monoisotopic (exact) mass is 429 g/mol. The lowest BCUT2D eigenvalue weighted by molar-refractivity contribution is -0.0109. The summed E-state index contributed by atoms with van der Waals surface area (Å²) in [5, 5.41) is 0. The summed E-state index contributed by atoms with van der Waals surface area (Å²) in [6.07, 6.45) is 0. The van der Waals surface area contributed by atoms with E-state index in [-0.39, 0.29) is 25.0 Å². The summed E-state index contributed by atoms with van der Waals surface area (Å²) < 4.78 is 26.7. The molecule has 29 heavy (non-hydrogen) atoms. The van der Waals surface area contributed by atoms with Crippen molar-refractivity contribution >= 4 is 23.4 Å². The summed E-state index contributed by atoms with van der Waals surface area (Å²) in [6, 6.07) is 6.82. The van der Waals surface area contributed by atoms with Crippen LogP contribution < -0.4 is 0 Å². The first-order chi connectivity index (χ1) is 14.3. The van der Waals surface area contributed by atoms with Gasteiger partial charge in [-0.05, 0) is 12.1 Å². The van der Waals surface area contributed by atoms with Crippen LogP contribution in [0.1, 0.15) is 20.7 Å². The minimum absolute atomic E-state index is 0.229. The number of hydrogen-bond acceptors (Lipinski definition) is 7. The molecule has 1 aliphatic heterocycles. The Kier molecular flexibility index (Phi) is 11.8. The Bertz CT molecular complexity index is 594. The van der Waals surface area contributed by atoms with Crippen molar-refractivity contribution in [3.63, 3.8) is 0 Å². The van der Waals surface area contributed by atoms with Crippen LogP contribution in [-0.2, 0) is 23.7 Å². The molecule has 0 unspecified atom stereocenters. The number of fused-ring (bicyclic) bond motifs is 1. The zero-order valence-electron chi connectivity index (χ0n) is 16.5. The molecule has 1 aromatic carbocycles. The summed E-state index contributed by atoms with van der Waals surface area (Å²) in [5.41, 5.74) is 0.900. The van der Waals surface area contributed by atoms with Crippen LogP contribution in [-0.4, -0.2) is 95.2 Å². The first kappa shape index (κ1) is 23.7. The molecule has 0 bridgehead atoms. The van der Waals surface area contributed by atoms with E-state index in [1.165, 1.54) is 4.90 Å². The second kappa shape index (κ2) is 14.4. The molecule has 0 aliphatic carbocycles. The molecule has 0 saturated heterocycles. The van der Waals surface area contributed by atoms with Gasteiger partial charge < -0.3 is 23.7 Å². The Morgan fingerprint density at radius 1 is 0.621 bits per heavy atom. The van der Waals surface area contributed by atoms with Crippen LogP contribution in [0, 0.1) is 0 Å². The third-order valence-corrected chi connectivity index (χ3v) is 4.20. The van der Waals surface area contributed by atoms with E-state index in [4.69, 9.17) is 35.3 Å². The fourth-order valence-corrected chi connectivity index (χ4v) is 2.74. The molecular weight excluding hydrogens is 402 g/mol. The highest BCUT2D eigenvalue weighted by molar-refractivity contribution is 6.21. The number of halogens is 1. The van der Waals surface area contributed by atoms with Crippen molar-refractivity contribution in [3.05, 3.63) is 35.4 Å². The molecule has 0 atom stereocenters. The van der Waals surface area contributed by atoms with Crippen molar-refractivity contribution in [2.45, 2.75) is 0 Å². The van der Waals surface area contributed by atoms with Gasteiger partial charge in [0, 0.05) is 5.88 Å². The van der Waals surface area contributed by atoms with E-state index in [2.05, 4.69) is 0 Å². The van der Waals surface area contributed by atoms with Crippen LogP contribution in [0.2, 0.25) is 0 Å². The van der Waals surface area contributed by atoms with Gasteiger partial charge in [-0.15, -0.1) is 11.6 Å². The number of imide groups is 1. The maximum absolute atomic E-state index is 12.2.